The van der Waals surface area contributed by atoms with Crippen LogP contribution >= 0.6 is 0 Å². The van der Waals surface area contributed by atoms with Gasteiger partial charge in [0.15, 0.2) is 0 Å². The molecule has 160 valence electrons. The van der Waals surface area contributed by atoms with E-state index < -0.39 is 0 Å². The van der Waals surface area contributed by atoms with Crippen molar-refractivity contribution >= 4 is 11.9 Å². The van der Waals surface area contributed by atoms with E-state index in [0.29, 0.717) is 17.9 Å². The first kappa shape index (κ1) is 19.5. The second-order valence-electron chi connectivity index (χ2n) is 7.95. The topological polar surface area (TPSA) is 106 Å². The number of hydrogen-bond donors (Lipinski definition) is 1. The van der Waals surface area contributed by atoms with E-state index in [4.69, 9.17) is 9.40 Å². The minimum Gasteiger partial charge on any atom is -0.467 e. The molecule has 5 rings (SSSR count). The predicted octanol–water partition coefficient (Wildman–Crippen LogP) is 1.70. The van der Waals surface area contributed by atoms with Crippen LogP contribution in [0.5, 0.6) is 0 Å². The van der Waals surface area contributed by atoms with Gasteiger partial charge in [0.1, 0.15) is 12.3 Å². The summed E-state index contributed by atoms with van der Waals surface area (Å²) in [6, 6.07) is 5.11. The Hall–Kier alpha value is -3.49. The number of anilines is 1. The molecule has 1 fully saturated rings. The third-order valence-electron chi connectivity index (χ3n) is 5.79. The molecule has 0 spiro atoms. The molecule has 1 amide bonds. The normalized spacial score (nSPS) is 15.3. The van der Waals surface area contributed by atoms with Crippen LogP contribution in [0.1, 0.15) is 36.3 Å². The minimum atomic E-state index is -0.307. The zero-order chi connectivity index (χ0) is 21.2. The summed E-state index contributed by atoms with van der Waals surface area (Å²) in [5.41, 5.74) is 3.06. The maximum absolute atomic E-state index is 12.5. The molecule has 1 aliphatic heterocycles. The van der Waals surface area contributed by atoms with Crippen LogP contribution in [0.25, 0.3) is 11.3 Å². The fourth-order valence-electron chi connectivity index (χ4n) is 4.14. The molecule has 0 bridgehead atoms. The molecule has 4 heterocycles. The number of amides is 1. The number of nitrogens with zero attached hydrogens (tertiary/aromatic N) is 5. The lowest BCUT2D eigenvalue weighted by atomic mass is 9.94. The molecular formula is C22H24N6O3. The molecule has 9 heteroatoms. The smallest absolute Gasteiger partial charge is 0.267 e. The largest absolute Gasteiger partial charge is 0.467 e. The highest BCUT2D eigenvalue weighted by Crippen LogP contribution is 2.30. The Balaban J connectivity index is 1.37. The van der Waals surface area contributed by atoms with Crippen molar-refractivity contribution in [3.8, 4) is 11.3 Å². The molecule has 31 heavy (non-hydrogen) atoms. The van der Waals surface area contributed by atoms with Gasteiger partial charge in [-0.2, -0.15) is 5.10 Å². The van der Waals surface area contributed by atoms with E-state index in [9.17, 15) is 9.59 Å². The summed E-state index contributed by atoms with van der Waals surface area (Å²) in [7, 11) is 0. The summed E-state index contributed by atoms with van der Waals surface area (Å²) in [6.45, 7) is 2.08. The Morgan fingerprint density at radius 1 is 1.19 bits per heavy atom. The van der Waals surface area contributed by atoms with Crippen LogP contribution in [0, 0.1) is 0 Å². The molecule has 0 saturated carbocycles. The molecule has 0 aromatic carbocycles. The number of carbonyl (C=O) groups excluding carboxylic acids is 1. The fraction of sp³-hybridized carbons (Fsp3) is 0.409. The summed E-state index contributed by atoms with van der Waals surface area (Å²) >= 11 is 0. The number of carbonyl (C=O) groups is 1. The van der Waals surface area contributed by atoms with Gasteiger partial charge >= 0.3 is 0 Å². The van der Waals surface area contributed by atoms with Crippen molar-refractivity contribution in [2.75, 3.05) is 18.0 Å². The molecule has 0 unspecified atom stereocenters. The Bertz CT molecular complexity index is 1150. The zero-order valence-corrected chi connectivity index (χ0v) is 17.2. The number of fused-ring (bicyclic) bond motifs is 3. The lowest BCUT2D eigenvalue weighted by Gasteiger charge is -2.28. The van der Waals surface area contributed by atoms with Gasteiger partial charge < -0.3 is 14.6 Å². The van der Waals surface area contributed by atoms with E-state index in [-0.39, 0.29) is 24.6 Å². The standard InChI is InChI=1S/C22H24N6O3/c29-19(23-12-16-5-4-10-31-16)14-28-20(30)11-15-6-7-18-17(21(15)26-28)13-24-22(25-18)27-8-2-1-3-9-27/h4-5,10-11,13H,1-3,6-9,12,14H2,(H,23,29). The first-order valence-corrected chi connectivity index (χ1v) is 10.7. The minimum absolute atomic E-state index is 0.158. The van der Waals surface area contributed by atoms with Gasteiger partial charge in [-0.05, 0) is 49.8 Å². The molecule has 0 radical (unpaired) electrons. The second kappa shape index (κ2) is 8.33. The molecule has 1 saturated heterocycles. The highest BCUT2D eigenvalue weighted by molar-refractivity contribution is 5.75. The van der Waals surface area contributed by atoms with Gasteiger partial charge in [-0.1, -0.05) is 0 Å². The van der Waals surface area contributed by atoms with Crippen molar-refractivity contribution in [2.24, 2.45) is 0 Å². The van der Waals surface area contributed by atoms with E-state index in [0.717, 1.165) is 42.3 Å². The van der Waals surface area contributed by atoms with Crippen LogP contribution in [0.15, 0.2) is 39.9 Å². The molecule has 0 atom stereocenters. The number of aryl methyl sites for hydroxylation is 2. The first-order valence-electron chi connectivity index (χ1n) is 10.7. The summed E-state index contributed by atoms with van der Waals surface area (Å²) < 4.78 is 6.41. The van der Waals surface area contributed by atoms with Crippen molar-refractivity contribution in [1.82, 2.24) is 25.1 Å². The van der Waals surface area contributed by atoms with E-state index in [1.54, 1.807) is 24.5 Å². The van der Waals surface area contributed by atoms with Gasteiger partial charge in [-0.3, -0.25) is 9.59 Å². The molecule has 1 N–H and O–H groups in total. The Kier molecular flexibility index (Phi) is 5.23. The fourth-order valence-corrected chi connectivity index (χ4v) is 4.14. The Morgan fingerprint density at radius 2 is 2.06 bits per heavy atom. The van der Waals surface area contributed by atoms with Gasteiger partial charge in [0.25, 0.3) is 5.56 Å². The second-order valence-corrected chi connectivity index (χ2v) is 7.95. The summed E-state index contributed by atoms with van der Waals surface area (Å²) in [4.78, 5) is 36.4. The Labute approximate surface area is 179 Å². The SMILES string of the molecule is O=C(Cn1nc2c(cc1=O)CCc1nc(N3CCCCC3)ncc1-2)NCc1ccco1. The number of furan rings is 1. The van der Waals surface area contributed by atoms with E-state index in [2.05, 4.69) is 20.3 Å². The summed E-state index contributed by atoms with van der Waals surface area (Å²) in [5.74, 6) is 1.11. The van der Waals surface area contributed by atoms with E-state index in [1.165, 1.54) is 23.9 Å². The molecule has 3 aromatic heterocycles. The molecule has 1 aliphatic carbocycles. The number of nitrogens with one attached hydrogen (secondary N) is 1. The highest BCUT2D eigenvalue weighted by atomic mass is 16.3. The lowest BCUT2D eigenvalue weighted by molar-refractivity contribution is -0.122. The van der Waals surface area contributed by atoms with Crippen molar-refractivity contribution in [3.63, 3.8) is 0 Å². The van der Waals surface area contributed by atoms with Crippen LogP contribution < -0.4 is 15.8 Å². The van der Waals surface area contributed by atoms with Gasteiger partial charge in [0.2, 0.25) is 11.9 Å². The van der Waals surface area contributed by atoms with E-state index in [1.807, 2.05) is 6.20 Å². The first-order chi connectivity index (χ1) is 15.2. The number of piperidine rings is 1. The van der Waals surface area contributed by atoms with Crippen molar-refractivity contribution in [2.45, 2.75) is 45.2 Å². The molecule has 3 aromatic rings. The lowest BCUT2D eigenvalue weighted by Crippen LogP contribution is -2.34. The van der Waals surface area contributed by atoms with Gasteiger partial charge in [-0.15, -0.1) is 0 Å². The third-order valence-corrected chi connectivity index (χ3v) is 5.79. The van der Waals surface area contributed by atoms with Crippen LogP contribution in [0.4, 0.5) is 5.95 Å². The molecule has 2 aliphatic rings. The van der Waals surface area contributed by atoms with Crippen LogP contribution in [-0.2, 0) is 30.7 Å². The summed E-state index contributed by atoms with van der Waals surface area (Å²) in [6.07, 6.45) is 8.40. The molecule has 9 nitrogen and oxygen atoms in total. The van der Waals surface area contributed by atoms with Crippen LogP contribution in [0.3, 0.4) is 0 Å². The summed E-state index contributed by atoms with van der Waals surface area (Å²) in [5, 5.41) is 7.25. The predicted molar refractivity (Wildman–Crippen MR) is 114 cm³/mol. The third kappa shape index (κ3) is 4.08. The number of rotatable bonds is 5. The van der Waals surface area contributed by atoms with Crippen LogP contribution in [0.2, 0.25) is 0 Å². The quantitative estimate of drug-likeness (QED) is 0.670. The maximum atomic E-state index is 12.5. The monoisotopic (exact) mass is 420 g/mol. The van der Waals surface area contributed by atoms with Gasteiger partial charge in [0.05, 0.1) is 24.2 Å². The maximum Gasteiger partial charge on any atom is 0.267 e. The number of aromatic nitrogens is 4. The number of hydrogen-bond acceptors (Lipinski definition) is 7. The van der Waals surface area contributed by atoms with Gasteiger partial charge in [-0.25, -0.2) is 14.6 Å². The van der Waals surface area contributed by atoms with E-state index >= 15 is 0 Å². The Morgan fingerprint density at radius 3 is 2.87 bits per heavy atom. The van der Waals surface area contributed by atoms with Crippen molar-refractivity contribution in [1.29, 1.82) is 0 Å². The average molecular weight is 420 g/mol. The zero-order valence-electron chi connectivity index (χ0n) is 17.2. The average Bonchev–Trinajstić information content (AvgIpc) is 3.32. The van der Waals surface area contributed by atoms with Crippen LogP contribution in [-0.4, -0.2) is 38.7 Å². The highest BCUT2D eigenvalue weighted by Gasteiger charge is 2.23. The van der Waals surface area contributed by atoms with Crippen molar-refractivity contribution < 1.29 is 9.21 Å². The van der Waals surface area contributed by atoms with Crippen molar-refractivity contribution in [3.05, 3.63) is 58.0 Å². The molecular weight excluding hydrogens is 396 g/mol. The van der Waals surface area contributed by atoms with Gasteiger partial charge in [0, 0.05) is 30.9 Å².